The van der Waals surface area contributed by atoms with E-state index in [-0.39, 0.29) is 5.82 Å². The normalized spacial score (nSPS) is 22.5. The van der Waals surface area contributed by atoms with Gasteiger partial charge in [-0.25, -0.2) is 4.39 Å². The van der Waals surface area contributed by atoms with E-state index in [2.05, 4.69) is 16.7 Å². The smallest absolute Gasteiger partial charge is 0.148 e. The first-order valence-corrected chi connectivity index (χ1v) is 7.14. The van der Waals surface area contributed by atoms with Crippen molar-refractivity contribution in [1.29, 1.82) is 0 Å². The third kappa shape index (κ3) is 2.29. The van der Waals surface area contributed by atoms with Crippen LogP contribution >= 0.6 is 0 Å². The van der Waals surface area contributed by atoms with Crippen LogP contribution in [0.3, 0.4) is 0 Å². The Morgan fingerprint density at radius 1 is 1.26 bits per heavy atom. The molecule has 0 aromatic heterocycles. The summed E-state index contributed by atoms with van der Waals surface area (Å²) >= 11 is 0. The lowest BCUT2D eigenvalue weighted by Gasteiger charge is -2.54. The summed E-state index contributed by atoms with van der Waals surface area (Å²) in [6.07, 6.45) is 2.35. The van der Waals surface area contributed by atoms with E-state index >= 15 is 0 Å². The summed E-state index contributed by atoms with van der Waals surface area (Å²) < 4.78 is 13.9. The summed E-state index contributed by atoms with van der Waals surface area (Å²) in [5.41, 5.74) is 7.31. The zero-order valence-corrected chi connectivity index (χ0v) is 11.5. The van der Waals surface area contributed by atoms with Crippen LogP contribution in [0.15, 0.2) is 18.2 Å². The van der Waals surface area contributed by atoms with Crippen LogP contribution in [0.4, 0.5) is 15.8 Å². The van der Waals surface area contributed by atoms with E-state index in [1.807, 2.05) is 6.07 Å². The first kappa shape index (κ1) is 12.7. The number of hydrogen-bond donors (Lipinski definition) is 1. The fraction of sp³-hybridized carbons (Fsp3) is 0.600. The van der Waals surface area contributed by atoms with Gasteiger partial charge in [-0.3, -0.25) is 0 Å². The number of rotatable bonds is 2. The molecular weight excluding hydrogens is 241 g/mol. The highest BCUT2D eigenvalue weighted by molar-refractivity contribution is 5.54. The van der Waals surface area contributed by atoms with Crippen molar-refractivity contribution in [2.45, 2.75) is 19.8 Å². The van der Waals surface area contributed by atoms with Gasteiger partial charge in [-0.2, -0.15) is 0 Å². The molecule has 0 saturated carbocycles. The summed E-state index contributed by atoms with van der Waals surface area (Å²) in [4.78, 5) is 4.65. The number of nitrogen functional groups attached to an aromatic ring is 1. The van der Waals surface area contributed by atoms with E-state index in [9.17, 15) is 4.39 Å². The van der Waals surface area contributed by atoms with Gasteiger partial charge in [-0.15, -0.1) is 0 Å². The third-order valence-electron chi connectivity index (χ3n) is 4.70. The van der Waals surface area contributed by atoms with Gasteiger partial charge in [0, 0.05) is 31.9 Å². The molecule has 0 aliphatic carbocycles. The standard InChI is InChI=1S/C15H22FN3/c1-2-18-10-15(11-18)5-7-19(8-6-15)14-4-3-12(17)9-13(14)16/h3-4,9H,2,5-8,10-11,17H2,1H3. The number of halogens is 1. The Morgan fingerprint density at radius 3 is 2.53 bits per heavy atom. The second-order valence-electron chi connectivity index (χ2n) is 6.00. The molecule has 19 heavy (non-hydrogen) atoms. The Labute approximate surface area is 114 Å². The molecule has 1 aromatic rings. The van der Waals surface area contributed by atoms with Gasteiger partial charge in [0.2, 0.25) is 0 Å². The number of nitrogens with two attached hydrogens (primary N) is 1. The molecule has 2 N–H and O–H groups in total. The van der Waals surface area contributed by atoms with Gasteiger partial charge >= 0.3 is 0 Å². The highest BCUT2D eigenvalue weighted by Crippen LogP contribution is 2.41. The molecule has 0 amide bonds. The number of nitrogens with zero attached hydrogens (tertiary/aromatic N) is 2. The summed E-state index contributed by atoms with van der Waals surface area (Å²) in [6.45, 7) is 7.73. The van der Waals surface area contributed by atoms with E-state index in [1.54, 1.807) is 6.07 Å². The number of piperidine rings is 1. The minimum atomic E-state index is -0.195. The molecule has 3 nitrogen and oxygen atoms in total. The van der Waals surface area contributed by atoms with Crippen LogP contribution in [-0.2, 0) is 0 Å². The maximum Gasteiger partial charge on any atom is 0.148 e. The topological polar surface area (TPSA) is 32.5 Å². The molecule has 0 unspecified atom stereocenters. The van der Waals surface area contributed by atoms with Gasteiger partial charge in [0.15, 0.2) is 0 Å². The van der Waals surface area contributed by atoms with Crippen molar-refractivity contribution >= 4 is 11.4 Å². The molecule has 0 radical (unpaired) electrons. The van der Waals surface area contributed by atoms with E-state index in [0.29, 0.717) is 16.8 Å². The molecule has 3 rings (SSSR count). The number of likely N-dealkylation sites (tertiary alicyclic amines) is 1. The Morgan fingerprint density at radius 2 is 1.95 bits per heavy atom. The van der Waals surface area contributed by atoms with Crippen molar-refractivity contribution in [3.05, 3.63) is 24.0 Å². The first-order valence-electron chi connectivity index (χ1n) is 7.14. The van der Waals surface area contributed by atoms with E-state index in [4.69, 9.17) is 5.73 Å². The molecule has 2 aliphatic heterocycles. The highest BCUT2D eigenvalue weighted by atomic mass is 19.1. The molecule has 1 aromatic carbocycles. The van der Waals surface area contributed by atoms with Crippen LogP contribution in [-0.4, -0.2) is 37.6 Å². The summed E-state index contributed by atoms with van der Waals surface area (Å²) in [5.74, 6) is -0.195. The van der Waals surface area contributed by atoms with Crippen LogP contribution in [0.2, 0.25) is 0 Å². The Balaban J connectivity index is 1.64. The first-order chi connectivity index (χ1) is 9.12. The lowest BCUT2D eigenvalue weighted by molar-refractivity contribution is -0.0144. The summed E-state index contributed by atoms with van der Waals surface area (Å²) in [5, 5.41) is 0. The van der Waals surface area contributed by atoms with Crippen molar-refractivity contribution in [3.8, 4) is 0 Å². The predicted molar refractivity (Wildman–Crippen MR) is 76.8 cm³/mol. The number of hydrogen-bond acceptors (Lipinski definition) is 3. The van der Waals surface area contributed by atoms with E-state index in [0.717, 1.165) is 19.6 Å². The van der Waals surface area contributed by atoms with Gasteiger partial charge in [-0.05, 0) is 43.0 Å². The molecular formula is C15H22FN3. The zero-order chi connectivity index (χ0) is 13.5. The van der Waals surface area contributed by atoms with Gasteiger partial charge in [0.05, 0.1) is 5.69 Å². The predicted octanol–water partition coefficient (Wildman–Crippen LogP) is 2.33. The number of anilines is 2. The largest absolute Gasteiger partial charge is 0.399 e. The monoisotopic (exact) mass is 263 g/mol. The quantitative estimate of drug-likeness (QED) is 0.831. The maximum atomic E-state index is 13.9. The molecule has 1 spiro atoms. The van der Waals surface area contributed by atoms with Crippen molar-refractivity contribution in [2.24, 2.45) is 5.41 Å². The SMILES string of the molecule is CCN1CC2(CCN(c3ccc(N)cc3F)CC2)C1. The second kappa shape index (κ2) is 4.67. The molecule has 104 valence electrons. The minimum absolute atomic E-state index is 0.195. The average Bonchev–Trinajstić information content (AvgIpc) is 2.36. The van der Waals surface area contributed by atoms with Crippen LogP contribution < -0.4 is 10.6 Å². The van der Waals surface area contributed by atoms with Crippen LogP contribution in [0.25, 0.3) is 0 Å². The van der Waals surface area contributed by atoms with Crippen molar-refractivity contribution in [2.75, 3.05) is 43.4 Å². The van der Waals surface area contributed by atoms with Crippen LogP contribution in [0.5, 0.6) is 0 Å². The van der Waals surface area contributed by atoms with E-state index < -0.39 is 0 Å². The fourth-order valence-corrected chi connectivity index (χ4v) is 3.44. The molecule has 0 bridgehead atoms. The molecule has 2 aliphatic rings. The van der Waals surface area contributed by atoms with E-state index in [1.165, 1.54) is 32.0 Å². The molecule has 2 fully saturated rings. The Bertz CT molecular complexity index is 458. The molecule has 2 heterocycles. The third-order valence-corrected chi connectivity index (χ3v) is 4.70. The van der Waals surface area contributed by atoms with Crippen LogP contribution in [0, 0.1) is 11.2 Å². The summed E-state index contributed by atoms with van der Waals surface area (Å²) in [7, 11) is 0. The molecule has 2 saturated heterocycles. The molecule has 0 atom stereocenters. The zero-order valence-electron chi connectivity index (χ0n) is 11.5. The van der Waals surface area contributed by atoms with Gasteiger partial charge in [0.1, 0.15) is 5.82 Å². The Kier molecular flexibility index (Phi) is 3.13. The maximum absolute atomic E-state index is 13.9. The van der Waals surface area contributed by atoms with Gasteiger partial charge < -0.3 is 15.5 Å². The average molecular weight is 263 g/mol. The molecule has 4 heteroatoms. The summed E-state index contributed by atoms with van der Waals surface area (Å²) in [6, 6.07) is 5.01. The van der Waals surface area contributed by atoms with Crippen molar-refractivity contribution in [3.63, 3.8) is 0 Å². The lowest BCUT2D eigenvalue weighted by Crippen LogP contribution is -2.60. The fourth-order valence-electron chi connectivity index (χ4n) is 3.44. The highest BCUT2D eigenvalue weighted by Gasteiger charge is 2.44. The Hall–Kier alpha value is -1.29. The van der Waals surface area contributed by atoms with Gasteiger partial charge in [0.25, 0.3) is 0 Å². The van der Waals surface area contributed by atoms with Crippen molar-refractivity contribution in [1.82, 2.24) is 4.90 Å². The van der Waals surface area contributed by atoms with Crippen LogP contribution in [0.1, 0.15) is 19.8 Å². The van der Waals surface area contributed by atoms with Crippen molar-refractivity contribution < 1.29 is 4.39 Å². The lowest BCUT2D eigenvalue weighted by atomic mass is 9.72. The van der Waals surface area contributed by atoms with Gasteiger partial charge in [-0.1, -0.05) is 6.92 Å². The second-order valence-corrected chi connectivity index (χ2v) is 6.00. The number of benzene rings is 1. The minimum Gasteiger partial charge on any atom is -0.399 e.